The number of aliphatic hydroxyl groups is 1. The molecule has 1 aromatic rings. The molecule has 2 rings (SSSR count). The second-order valence-corrected chi connectivity index (χ2v) is 5.26. The molecule has 4 heteroatoms. The molecule has 1 aliphatic heterocycles. The fourth-order valence-corrected chi connectivity index (χ4v) is 2.70. The van der Waals surface area contributed by atoms with Crippen molar-refractivity contribution in [2.45, 2.75) is 25.4 Å². The lowest BCUT2D eigenvalue weighted by Gasteiger charge is -2.23. The molecule has 0 saturated carbocycles. The van der Waals surface area contributed by atoms with Crippen LogP contribution in [-0.4, -0.2) is 36.3 Å². The van der Waals surface area contributed by atoms with Crippen molar-refractivity contribution in [1.82, 2.24) is 4.90 Å². The molecule has 1 aliphatic rings. The molecule has 1 atom stereocenters. The minimum atomic E-state index is 0.252. The van der Waals surface area contributed by atoms with Crippen LogP contribution in [-0.2, 0) is 6.54 Å². The van der Waals surface area contributed by atoms with Crippen LogP contribution in [0, 0.1) is 0 Å². The van der Waals surface area contributed by atoms with Crippen molar-refractivity contribution in [2.75, 3.05) is 20.3 Å². The molecule has 0 aliphatic carbocycles. The fraction of sp³-hybridized carbons (Fsp3) is 0.538. The van der Waals surface area contributed by atoms with E-state index in [9.17, 15) is 5.11 Å². The zero-order valence-corrected chi connectivity index (χ0v) is 11.6. The fourth-order valence-electron chi connectivity index (χ4n) is 2.33. The highest BCUT2D eigenvalue weighted by atomic mass is 79.9. The summed E-state index contributed by atoms with van der Waals surface area (Å²) < 4.78 is 6.34. The summed E-state index contributed by atoms with van der Waals surface area (Å²) in [6, 6.07) is 6.32. The lowest BCUT2D eigenvalue weighted by Crippen LogP contribution is -2.31. The highest BCUT2D eigenvalue weighted by molar-refractivity contribution is 9.10. The van der Waals surface area contributed by atoms with E-state index in [-0.39, 0.29) is 6.61 Å². The third kappa shape index (κ3) is 3.00. The smallest absolute Gasteiger partial charge is 0.119 e. The average molecular weight is 300 g/mol. The van der Waals surface area contributed by atoms with Gasteiger partial charge in [-0.15, -0.1) is 0 Å². The van der Waals surface area contributed by atoms with Crippen LogP contribution in [0.3, 0.4) is 0 Å². The number of hydrogen-bond donors (Lipinski definition) is 1. The molecule has 1 aromatic carbocycles. The topological polar surface area (TPSA) is 32.7 Å². The Bertz CT molecular complexity index is 384. The number of nitrogens with zero attached hydrogens (tertiary/aromatic N) is 1. The van der Waals surface area contributed by atoms with Gasteiger partial charge in [0.1, 0.15) is 5.75 Å². The number of benzene rings is 1. The maximum atomic E-state index is 9.31. The summed E-state index contributed by atoms with van der Waals surface area (Å²) >= 11 is 3.56. The van der Waals surface area contributed by atoms with Crippen molar-refractivity contribution in [2.24, 2.45) is 0 Å². The van der Waals surface area contributed by atoms with Gasteiger partial charge in [0.2, 0.25) is 0 Å². The van der Waals surface area contributed by atoms with Crippen LogP contribution >= 0.6 is 15.9 Å². The van der Waals surface area contributed by atoms with Crippen LogP contribution in [0.2, 0.25) is 0 Å². The first kappa shape index (κ1) is 12.9. The maximum absolute atomic E-state index is 9.31. The van der Waals surface area contributed by atoms with Crippen molar-refractivity contribution in [3.63, 3.8) is 0 Å². The quantitative estimate of drug-likeness (QED) is 0.927. The van der Waals surface area contributed by atoms with Gasteiger partial charge < -0.3 is 9.84 Å². The molecule has 3 nitrogen and oxygen atoms in total. The number of aliphatic hydroxyl groups excluding tert-OH is 1. The van der Waals surface area contributed by atoms with Crippen LogP contribution in [0.25, 0.3) is 0 Å². The van der Waals surface area contributed by atoms with E-state index in [0.717, 1.165) is 29.7 Å². The lowest BCUT2D eigenvalue weighted by molar-refractivity contribution is 0.153. The van der Waals surface area contributed by atoms with Crippen molar-refractivity contribution in [3.05, 3.63) is 28.2 Å². The number of rotatable bonds is 4. The largest absolute Gasteiger partial charge is 0.497 e. The zero-order chi connectivity index (χ0) is 12.3. The Balaban J connectivity index is 2.12. The highest BCUT2D eigenvalue weighted by Gasteiger charge is 2.24. The van der Waals surface area contributed by atoms with Gasteiger partial charge >= 0.3 is 0 Å². The van der Waals surface area contributed by atoms with Gasteiger partial charge in [-0.25, -0.2) is 0 Å². The zero-order valence-electron chi connectivity index (χ0n) is 10.0. The third-order valence-electron chi connectivity index (χ3n) is 3.34. The van der Waals surface area contributed by atoms with Gasteiger partial charge in [-0.2, -0.15) is 0 Å². The van der Waals surface area contributed by atoms with E-state index in [2.05, 4.69) is 26.9 Å². The second-order valence-electron chi connectivity index (χ2n) is 4.41. The van der Waals surface area contributed by atoms with Gasteiger partial charge in [0.25, 0.3) is 0 Å². The lowest BCUT2D eigenvalue weighted by atomic mass is 10.2. The molecule has 1 saturated heterocycles. The van der Waals surface area contributed by atoms with E-state index in [1.807, 2.05) is 12.1 Å². The summed E-state index contributed by atoms with van der Waals surface area (Å²) in [5, 5.41) is 9.31. The van der Waals surface area contributed by atoms with Gasteiger partial charge in [-0.1, -0.05) is 15.9 Å². The number of hydrogen-bond acceptors (Lipinski definition) is 3. The van der Waals surface area contributed by atoms with Crippen molar-refractivity contribution < 1.29 is 9.84 Å². The molecule has 94 valence electrons. The van der Waals surface area contributed by atoms with Crippen molar-refractivity contribution >= 4 is 15.9 Å². The van der Waals surface area contributed by atoms with E-state index >= 15 is 0 Å². The number of methoxy groups -OCH3 is 1. The Kier molecular flexibility index (Phi) is 4.42. The summed E-state index contributed by atoms with van der Waals surface area (Å²) in [7, 11) is 1.68. The molecular formula is C13H18BrNO2. The number of ether oxygens (including phenoxy) is 1. The Morgan fingerprint density at radius 1 is 1.53 bits per heavy atom. The summed E-state index contributed by atoms with van der Waals surface area (Å²) in [4.78, 5) is 2.33. The first-order chi connectivity index (χ1) is 8.24. The molecule has 0 amide bonds. The summed E-state index contributed by atoms with van der Waals surface area (Å²) in [6.45, 7) is 2.18. The van der Waals surface area contributed by atoms with Gasteiger partial charge in [0.15, 0.2) is 0 Å². The predicted molar refractivity (Wildman–Crippen MR) is 71.2 cm³/mol. The van der Waals surface area contributed by atoms with Gasteiger partial charge in [0, 0.05) is 17.1 Å². The molecule has 0 bridgehead atoms. The second kappa shape index (κ2) is 5.85. The van der Waals surface area contributed by atoms with Crippen LogP contribution in [0.5, 0.6) is 5.75 Å². The monoisotopic (exact) mass is 299 g/mol. The van der Waals surface area contributed by atoms with Crippen LogP contribution < -0.4 is 4.74 Å². The van der Waals surface area contributed by atoms with E-state index in [4.69, 9.17) is 4.74 Å². The molecule has 0 spiro atoms. The summed E-state index contributed by atoms with van der Waals surface area (Å²) in [6.07, 6.45) is 2.27. The van der Waals surface area contributed by atoms with Crippen molar-refractivity contribution in [1.29, 1.82) is 0 Å². The maximum Gasteiger partial charge on any atom is 0.119 e. The number of likely N-dealkylation sites (tertiary alicyclic amines) is 1. The van der Waals surface area contributed by atoms with Crippen LogP contribution in [0.15, 0.2) is 22.7 Å². The summed E-state index contributed by atoms with van der Waals surface area (Å²) in [5.41, 5.74) is 1.21. The Morgan fingerprint density at radius 3 is 3.06 bits per heavy atom. The highest BCUT2D eigenvalue weighted by Crippen LogP contribution is 2.26. The Morgan fingerprint density at radius 2 is 2.35 bits per heavy atom. The Hall–Kier alpha value is -0.580. The van der Waals surface area contributed by atoms with Crippen LogP contribution in [0.1, 0.15) is 18.4 Å². The van der Waals surface area contributed by atoms with Crippen LogP contribution in [0.4, 0.5) is 0 Å². The standard InChI is InChI=1S/C13H18BrNO2/c1-17-12-4-5-13(14)10(7-12)8-15-6-2-3-11(15)9-16/h4-5,7,11,16H,2-3,6,8-9H2,1H3. The SMILES string of the molecule is COc1ccc(Br)c(CN2CCCC2CO)c1. The third-order valence-corrected chi connectivity index (χ3v) is 4.11. The van der Waals surface area contributed by atoms with Gasteiger partial charge in [-0.05, 0) is 43.1 Å². The molecule has 1 fully saturated rings. The normalized spacial score (nSPS) is 20.8. The number of halogens is 1. The molecule has 1 heterocycles. The molecule has 0 radical (unpaired) electrons. The van der Waals surface area contributed by atoms with Gasteiger partial charge in [0.05, 0.1) is 13.7 Å². The van der Waals surface area contributed by atoms with E-state index in [1.165, 1.54) is 12.0 Å². The Labute approximate surface area is 111 Å². The van der Waals surface area contributed by atoms with E-state index in [1.54, 1.807) is 7.11 Å². The van der Waals surface area contributed by atoms with Gasteiger partial charge in [-0.3, -0.25) is 4.90 Å². The molecule has 0 aromatic heterocycles. The first-order valence-electron chi connectivity index (χ1n) is 5.92. The minimum absolute atomic E-state index is 0.252. The van der Waals surface area contributed by atoms with E-state index < -0.39 is 0 Å². The molecule has 17 heavy (non-hydrogen) atoms. The molecule has 1 N–H and O–H groups in total. The average Bonchev–Trinajstić information content (AvgIpc) is 2.79. The predicted octanol–water partition coefficient (Wildman–Crippen LogP) is 2.41. The molecule has 1 unspecified atom stereocenters. The molecular weight excluding hydrogens is 282 g/mol. The summed E-state index contributed by atoms with van der Waals surface area (Å²) in [5.74, 6) is 0.878. The first-order valence-corrected chi connectivity index (χ1v) is 6.71. The van der Waals surface area contributed by atoms with E-state index in [0.29, 0.717) is 6.04 Å². The minimum Gasteiger partial charge on any atom is -0.497 e. The van der Waals surface area contributed by atoms with Crippen molar-refractivity contribution in [3.8, 4) is 5.75 Å².